The van der Waals surface area contributed by atoms with Crippen molar-refractivity contribution < 1.29 is 4.39 Å². The molecule has 0 aliphatic rings. The van der Waals surface area contributed by atoms with Gasteiger partial charge in [-0.15, -0.1) is 0 Å². The van der Waals surface area contributed by atoms with Crippen molar-refractivity contribution in [3.8, 4) is 0 Å². The van der Waals surface area contributed by atoms with Crippen molar-refractivity contribution in [2.75, 3.05) is 13.6 Å². The SMILES string of the molecule is CN(CCC(N)C(C)(C)C)Cc1ccccc1F. The Balaban J connectivity index is 2.43. The van der Waals surface area contributed by atoms with E-state index >= 15 is 0 Å². The van der Waals surface area contributed by atoms with E-state index in [0.717, 1.165) is 18.5 Å². The third-order valence-electron chi connectivity index (χ3n) is 3.33. The summed E-state index contributed by atoms with van der Waals surface area (Å²) < 4.78 is 13.5. The van der Waals surface area contributed by atoms with Crippen LogP contribution in [0.2, 0.25) is 0 Å². The van der Waals surface area contributed by atoms with E-state index in [0.29, 0.717) is 6.54 Å². The first-order valence-electron chi connectivity index (χ1n) is 6.48. The second kappa shape index (κ2) is 6.30. The Kier molecular flexibility index (Phi) is 5.29. The van der Waals surface area contributed by atoms with E-state index in [1.165, 1.54) is 6.07 Å². The Labute approximate surface area is 110 Å². The molecule has 0 aliphatic heterocycles. The van der Waals surface area contributed by atoms with Crippen LogP contribution in [0, 0.1) is 11.2 Å². The standard InChI is InChI=1S/C15H25FN2/c1-15(2,3)14(17)9-10-18(4)11-12-7-5-6-8-13(12)16/h5-8,14H,9-11,17H2,1-4H3. The summed E-state index contributed by atoms with van der Waals surface area (Å²) in [5, 5.41) is 0. The lowest BCUT2D eigenvalue weighted by atomic mass is 9.85. The van der Waals surface area contributed by atoms with E-state index in [1.807, 2.05) is 19.2 Å². The molecule has 2 nitrogen and oxygen atoms in total. The van der Waals surface area contributed by atoms with Crippen LogP contribution >= 0.6 is 0 Å². The summed E-state index contributed by atoms with van der Waals surface area (Å²) in [6.07, 6.45) is 0.925. The van der Waals surface area contributed by atoms with Gasteiger partial charge >= 0.3 is 0 Å². The largest absolute Gasteiger partial charge is 0.327 e. The molecule has 18 heavy (non-hydrogen) atoms. The highest BCUT2D eigenvalue weighted by atomic mass is 19.1. The summed E-state index contributed by atoms with van der Waals surface area (Å²) >= 11 is 0. The van der Waals surface area contributed by atoms with Gasteiger partial charge in [-0.1, -0.05) is 39.0 Å². The number of nitrogens with zero attached hydrogens (tertiary/aromatic N) is 1. The minimum Gasteiger partial charge on any atom is -0.327 e. The van der Waals surface area contributed by atoms with Gasteiger partial charge in [-0.25, -0.2) is 4.39 Å². The lowest BCUT2D eigenvalue weighted by molar-refractivity contribution is 0.250. The molecule has 1 aromatic rings. The zero-order valence-electron chi connectivity index (χ0n) is 11.9. The molecular formula is C15H25FN2. The predicted octanol–water partition coefficient (Wildman–Crippen LogP) is 3.02. The Morgan fingerprint density at radius 3 is 2.44 bits per heavy atom. The molecule has 0 heterocycles. The average molecular weight is 252 g/mol. The highest BCUT2D eigenvalue weighted by Crippen LogP contribution is 2.20. The lowest BCUT2D eigenvalue weighted by Gasteiger charge is -2.28. The fraction of sp³-hybridized carbons (Fsp3) is 0.600. The predicted molar refractivity (Wildman–Crippen MR) is 74.8 cm³/mol. The molecule has 0 radical (unpaired) electrons. The number of halogens is 1. The molecule has 0 aromatic heterocycles. The summed E-state index contributed by atoms with van der Waals surface area (Å²) in [5.74, 6) is -0.135. The topological polar surface area (TPSA) is 29.3 Å². The Hall–Kier alpha value is -0.930. The quantitative estimate of drug-likeness (QED) is 0.873. The van der Waals surface area contributed by atoms with Gasteiger partial charge in [-0.3, -0.25) is 0 Å². The third-order valence-corrected chi connectivity index (χ3v) is 3.33. The highest BCUT2D eigenvalue weighted by Gasteiger charge is 2.20. The van der Waals surface area contributed by atoms with Crippen molar-refractivity contribution in [3.05, 3.63) is 35.6 Å². The second-order valence-corrected chi connectivity index (χ2v) is 6.09. The van der Waals surface area contributed by atoms with Gasteiger partial charge in [0.1, 0.15) is 5.82 Å². The minimum atomic E-state index is -0.135. The monoisotopic (exact) mass is 252 g/mol. The van der Waals surface area contributed by atoms with Crippen LogP contribution in [-0.2, 0) is 6.54 Å². The van der Waals surface area contributed by atoms with E-state index in [9.17, 15) is 4.39 Å². The minimum absolute atomic E-state index is 0.124. The summed E-state index contributed by atoms with van der Waals surface area (Å²) in [6, 6.07) is 7.08. The molecule has 1 aromatic carbocycles. The van der Waals surface area contributed by atoms with Crippen LogP contribution in [-0.4, -0.2) is 24.5 Å². The molecule has 3 heteroatoms. The molecule has 0 amide bonds. The van der Waals surface area contributed by atoms with Crippen molar-refractivity contribution in [2.24, 2.45) is 11.1 Å². The van der Waals surface area contributed by atoms with Crippen LogP contribution < -0.4 is 5.73 Å². The smallest absolute Gasteiger partial charge is 0.127 e. The van der Waals surface area contributed by atoms with E-state index < -0.39 is 0 Å². The maximum atomic E-state index is 13.5. The van der Waals surface area contributed by atoms with Crippen molar-refractivity contribution in [1.82, 2.24) is 4.90 Å². The highest BCUT2D eigenvalue weighted by molar-refractivity contribution is 5.16. The van der Waals surface area contributed by atoms with E-state index in [-0.39, 0.29) is 17.3 Å². The molecule has 2 N–H and O–H groups in total. The molecule has 0 bridgehead atoms. The molecule has 1 unspecified atom stereocenters. The number of benzene rings is 1. The fourth-order valence-corrected chi connectivity index (χ4v) is 1.79. The van der Waals surface area contributed by atoms with E-state index in [1.54, 1.807) is 6.07 Å². The van der Waals surface area contributed by atoms with Crippen LogP contribution in [0.4, 0.5) is 4.39 Å². The molecule has 1 rings (SSSR count). The summed E-state index contributed by atoms with van der Waals surface area (Å²) in [7, 11) is 2.00. The molecular weight excluding hydrogens is 227 g/mol. The number of nitrogens with two attached hydrogens (primary N) is 1. The van der Waals surface area contributed by atoms with Crippen LogP contribution in [0.1, 0.15) is 32.8 Å². The first kappa shape index (κ1) is 15.1. The van der Waals surface area contributed by atoms with Crippen molar-refractivity contribution in [1.29, 1.82) is 0 Å². The van der Waals surface area contributed by atoms with Gasteiger partial charge in [0.05, 0.1) is 0 Å². The first-order valence-corrected chi connectivity index (χ1v) is 6.48. The van der Waals surface area contributed by atoms with Gasteiger partial charge in [0, 0.05) is 18.2 Å². The summed E-state index contributed by atoms with van der Waals surface area (Å²) in [6.45, 7) is 7.95. The van der Waals surface area contributed by atoms with Crippen LogP contribution in [0.5, 0.6) is 0 Å². The maximum Gasteiger partial charge on any atom is 0.127 e. The molecule has 0 saturated carbocycles. The van der Waals surface area contributed by atoms with Gasteiger partial charge in [0.15, 0.2) is 0 Å². The van der Waals surface area contributed by atoms with E-state index in [4.69, 9.17) is 5.73 Å². The van der Waals surface area contributed by atoms with Crippen molar-refractivity contribution >= 4 is 0 Å². The average Bonchev–Trinajstić information content (AvgIpc) is 2.27. The molecule has 0 saturated heterocycles. The Morgan fingerprint density at radius 1 is 1.28 bits per heavy atom. The first-order chi connectivity index (χ1) is 8.30. The normalized spacial score (nSPS) is 13.9. The van der Waals surface area contributed by atoms with Crippen LogP contribution in [0.15, 0.2) is 24.3 Å². The maximum absolute atomic E-state index is 13.5. The zero-order chi connectivity index (χ0) is 13.8. The van der Waals surface area contributed by atoms with Crippen molar-refractivity contribution in [3.63, 3.8) is 0 Å². The van der Waals surface area contributed by atoms with Gasteiger partial charge in [-0.05, 0) is 31.5 Å². The number of hydrogen-bond donors (Lipinski definition) is 1. The molecule has 0 fully saturated rings. The van der Waals surface area contributed by atoms with Gasteiger partial charge in [-0.2, -0.15) is 0 Å². The van der Waals surface area contributed by atoms with Crippen molar-refractivity contribution in [2.45, 2.75) is 39.8 Å². The zero-order valence-corrected chi connectivity index (χ0v) is 11.9. The number of hydrogen-bond acceptors (Lipinski definition) is 2. The van der Waals surface area contributed by atoms with Gasteiger partial charge in [0.2, 0.25) is 0 Å². The van der Waals surface area contributed by atoms with Gasteiger partial charge in [0.25, 0.3) is 0 Å². The number of rotatable bonds is 5. The molecule has 0 spiro atoms. The lowest BCUT2D eigenvalue weighted by Crippen LogP contribution is -2.38. The molecule has 1 atom stereocenters. The summed E-state index contributed by atoms with van der Waals surface area (Å²) in [4.78, 5) is 2.12. The van der Waals surface area contributed by atoms with Crippen LogP contribution in [0.25, 0.3) is 0 Å². The second-order valence-electron chi connectivity index (χ2n) is 6.09. The summed E-state index contributed by atoms with van der Waals surface area (Å²) in [5.41, 5.74) is 6.99. The van der Waals surface area contributed by atoms with E-state index in [2.05, 4.69) is 25.7 Å². The third kappa shape index (κ3) is 4.75. The molecule has 0 aliphatic carbocycles. The van der Waals surface area contributed by atoms with Gasteiger partial charge < -0.3 is 10.6 Å². The Bertz CT molecular complexity index is 371. The molecule has 102 valence electrons. The van der Waals surface area contributed by atoms with Crippen LogP contribution in [0.3, 0.4) is 0 Å². The fourth-order valence-electron chi connectivity index (χ4n) is 1.79. The Morgan fingerprint density at radius 2 is 1.89 bits per heavy atom.